The van der Waals surface area contributed by atoms with E-state index >= 15 is 0 Å². The lowest BCUT2D eigenvalue weighted by atomic mass is 10.0. The van der Waals surface area contributed by atoms with Gasteiger partial charge < -0.3 is 10.0 Å². The van der Waals surface area contributed by atoms with Gasteiger partial charge in [-0.1, -0.05) is 12.2 Å². The van der Waals surface area contributed by atoms with Gasteiger partial charge in [-0.15, -0.1) is 0 Å². The van der Waals surface area contributed by atoms with Gasteiger partial charge in [-0.3, -0.25) is 9.59 Å². The van der Waals surface area contributed by atoms with E-state index in [-0.39, 0.29) is 17.7 Å². The summed E-state index contributed by atoms with van der Waals surface area (Å²) in [5.74, 6) is -1.15. The molecule has 0 aromatic rings. The third-order valence-corrected chi connectivity index (χ3v) is 3.29. The van der Waals surface area contributed by atoms with Gasteiger partial charge in [0.2, 0.25) is 5.91 Å². The third kappa shape index (κ3) is 3.58. The number of likely N-dealkylation sites (N-methyl/N-ethyl adjacent to an activating group) is 1. The Morgan fingerprint density at radius 1 is 1.35 bits per heavy atom. The fraction of sp³-hybridized carbons (Fsp3) is 0.692. The molecule has 0 aromatic carbocycles. The second-order valence-electron chi connectivity index (χ2n) is 4.85. The first-order chi connectivity index (χ1) is 7.95. The van der Waals surface area contributed by atoms with Crippen molar-refractivity contribution in [2.24, 2.45) is 11.8 Å². The van der Waals surface area contributed by atoms with E-state index < -0.39 is 5.97 Å². The number of hydrogen-bond donors (Lipinski definition) is 1. The summed E-state index contributed by atoms with van der Waals surface area (Å²) < 4.78 is 0. The summed E-state index contributed by atoms with van der Waals surface area (Å²) in [4.78, 5) is 24.8. The number of amides is 1. The topological polar surface area (TPSA) is 57.6 Å². The Morgan fingerprint density at radius 2 is 1.94 bits per heavy atom. The van der Waals surface area contributed by atoms with Gasteiger partial charge in [-0.05, 0) is 33.1 Å². The number of carboxylic acids is 1. The number of rotatable bonds is 5. The molecular formula is C13H21NO3. The van der Waals surface area contributed by atoms with Crippen LogP contribution in [0.15, 0.2) is 12.2 Å². The molecular weight excluding hydrogens is 218 g/mol. The molecule has 1 aliphatic carbocycles. The van der Waals surface area contributed by atoms with Gasteiger partial charge in [0.05, 0.1) is 5.92 Å². The highest BCUT2D eigenvalue weighted by atomic mass is 16.4. The summed E-state index contributed by atoms with van der Waals surface area (Å²) in [6.45, 7) is 8.86. The smallest absolute Gasteiger partial charge is 0.306 e. The van der Waals surface area contributed by atoms with Crippen molar-refractivity contribution in [3.8, 4) is 0 Å². The molecule has 1 N–H and O–H groups in total. The Balaban J connectivity index is 2.58. The first-order valence-electron chi connectivity index (χ1n) is 6.11. The predicted molar refractivity (Wildman–Crippen MR) is 65.5 cm³/mol. The molecule has 1 rings (SSSR count). The van der Waals surface area contributed by atoms with Crippen molar-refractivity contribution in [2.75, 3.05) is 13.1 Å². The monoisotopic (exact) mass is 239 g/mol. The number of nitrogens with zero attached hydrogens (tertiary/aromatic N) is 1. The van der Waals surface area contributed by atoms with Crippen molar-refractivity contribution in [1.82, 2.24) is 4.90 Å². The molecule has 0 saturated heterocycles. The van der Waals surface area contributed by atoms with Gasteiger partial charge in [-0.25, -0.2) is 0 Å². The highest BCUT2D eigenvalue weighted by molar-refractivity contribution is 5.81. The van der Waals surface area contributed by atoms with Crippen molar-refractivity contribution in [1.29, 1.82) is 0 Å². The molecule has 17 heavy (non-hydrogen) atoms. The van der Waals surface area contributed by atoms with Crippen LogP contribution in [0.25, 0.3) is 0 Å². The maximum Gasteiger partial charge on any atom is 0.306 e. The van der Waals surface area contributed by atoms with Crippen LogP contribution < -0.4 is 0 Å². The number of carbonyl (C=O) groups is 2. The number of hydrogen-bond acceptors (Lipinski definition) is 2. The molecule has 1 amide bonds. The van der Waals surface area contributed by atoms with Crippen LogP contribution >= 0.6 is 0 Å². The van der Waals surface area contributed by atoms with E-state index in [1.807, 2.05) is 13.8 Å². The Bertz CT molecular complexity index is 325. The maximum absolute atomic E-state index is 12.2. The minimum Gasteiger partial charge on any atom is -0.481 e. The van der Waals surface area contributed by atoms with E-state index in [2.05, 4.69) is 6.58 Å². The van der Waals surface area contributed by atoms with E-state index in [1.54, 1.807) is 4.90 Å². The first-order valence-corrected chi connectivity index (χ1v) is 6.11. The van der Waals surface area contributed by atoms with Crippen LogP contribution in [-0.4, -0.2) is 35.0 Å². The van der Waals surface area contributed by atoms with Crippen LogP contribution in [0.5, 0.6) is 0 Å². The molecule has 0 heterocycles. The highest BCUT2D eigenvalue weighted by Gasteiger charge is 2.35. The zero-order valence-corrected chi connectivity index (χ0v) is 10.6. The van der Waals surface area contributed by atoms with Crippen molar-refractivity contribution in [3.63, 3.8) is 0 Å². The molecule has 1 aliphatic rings. The molecule has 2 atom stereocenters. The summed E-state index contributed by atoms with van der Waals surface area (Å²) in [6, 6.07) is 0. The van der Waals surface area contributed by atoms with Gasteiger partial charge in [0, 0.05) is 19.0 Å². The largest absolute Gasteiger partial charge is 0.481 e. The summed E-state index contributed by atoms with van der Waals surface area (Å²) in [5.41, 5.74) is 0.952. The van der Waals surface area contributed by atoms with Crippen molar-refractivity contribution in [2.45, 2.75) is 33.1 Å². The Hall–Kier alpha value is -1.32. The molecule has 1 saturated carbocycles. The first kappa shape index (κ1) is 13.7. The molecule has 4 heteroatoms. The Morgan fingerprint density at radius 3 is 2.35 bits per heavy atom. The van der Waals surface area contributed by atoms with E-state index in [0.717, 1.165) is 5.57 Å². The highest BCUT2D eigenvalue weighted by Crippen LogP contribution is 2.32. The maximum atomic E-state index is 12.2. The molecule has 96 valence electrons. The summed E-state index contributed by atoms with van der Waals surface area (Å²) in [7, 11) is 0. The zero-order chi connectivity index (χ0) is 13.0. The lowest BCUT2D eigenvalue weighted by Crippen LogP contribution is -2.36. The standard InChI is InChI=1S/C13H21NO3/c1-4-14(8-9(2)3)12(15)10-5-6-11(7-10)13(16)17/h10-11H,2,4-8H2,1,3H3,(H,16,17). The van der Waals surface area contributed by atoms with E-state index in [9.17, 15) is 9.59 Å². The van der Waals surface area contributed by atoms with Crippen LogP contribution in [0, 0.1) is 11.8 Å². The predicted octanol–water partition coefficient (Wildman–Crippen LogP) is 1.91. The van der Waals surface area contributed by atoms with Crippen LogP contribution in [0.4, 0.5) is 0 Å². The second-order valence-corrected chi connectivity index (χ2v) is 4.85. The number of carbonyl (C=O) groups excluding carboxylic acids is 1. The van der Waals surface area contributed by atoms with Crippen molar-refractivity contribution >= 4 is 11.9 Å². The van der Waals surface area contributed by atoms with Crippen LogP contribution in [0.3, 0.4) is 0 Å². The van der Waals surface area contributed by atoms with Gasteiger partial charge >= 0.3 is 5.97 Å². The fourth-order valence-corrected chi connectivity index (χ4v) is 2.36. The quantitative estimate of drug-likeness (QED) is 0.746. The molecule has 0 aromatic heterocycles. The summed E-state index contributed by atoms with van der Waals surface area (Å²) in [5, 5.41) is 8.92. The normalized spacial score (nSPS) is 23.4. The fourth-order valence-electron chi connectivity index (χ4n) is 2.36. The van der Waals surface area contributed by atoms with Gasteiger partial charge in [0.25, 0.3) is 0 Å². The lowest BCUT2D eigenvalue weighted by molar-refractivity contribution is -0.141. The SMILES string of the molecule is C=C(C)CN(CC)C(=O)C1CCC(C(=O)O)C1. The zero-order valence-electron chi connectivity index (χ0n) is 10.6. The molecule has 0 spiro atoms. The lowest BCUT2D eigenvalue weighted by Gasteiger charge is -2.24. The molecule has 4 nitrogen and oxygen atoms in total. The minimum absolute atomic E-state index is 0.0826. The molecule has 0 bridgehead atoms. The van der Waals surface area contributed by atoms with Gasteiger partial charge in [0.1, 0.15) is 0 Å². The molecule has 1 fully saturated rings. The van der Waals surface area contributed by atoms with Crippen LogP contribution in [0.1, 0.15) is 33.1 Å². The molecule has 2 unspecified atom stereocenters. The summed E-state index contributed by atoms with van der Waals surface area (Å²) >= 11 is 0. The second kappa shape index (κ2) is 5.84. The van der Waals surface area contributed by atoms with Crippen LogP contribution in [0.2, 0.25) is 0 Å². The van der Waals surface area contributed by atoms with E-state index in [1.165, 1.54) is 0 Å². The van der Waals surface area contributed by atoms with Gasteiger partial charge in [-0.2, -0.15) is 0 Å². The summed E-state index contributed by atoms with van der Waals surface area (Å²) in [6.07, 6.45) is 1.81. The Labute approximate surface area is 102 Å². The van der Waals surface area contributed by atoms with Crippen molar-refractivity contribution in [3.05, 3.63) is 12.2 Å². The number of carboxylic acid groups (broad SMARTS) is 1. The average Bonchev–Trinajstić information content (AvgIpc) is 2.73. The third-order valence-electron chi connectivity index (χ3n) is 3.29. The molecule has 0 aliphatic heterocycles. The molecule has 0 radical (unpaired) electrons. The minimum atomic E-state index is -0.775. The van der Waals surface area contributed by atoms with Gasteiger partial charge in [0.15, 0.2) is 0 Å². The van der Waals surface area contributed by atoms with Crippen molar-refractivity contribution < 1.29 is 14.7 Å². The van der Waals surface area contributed by atoms with E-state index in [0.29, 0.717) is 32.4 Å². The Kier molecular flexibility index (Phi) is 4.73. The van der Waals surface area contributed by atoms with E-state index in [4.69, 9.17) is 5.11 Å². The van der Waals surface area contributed by atoms with Crippen LogP contribution in [-0.2, 0) is 9.59 Å². The average molecular weight is 239 g/mol. The number of aliphatic carboxylic acids is 1.